The van der Waals surface area contributed by atoms with E-state index >= 15 is 0 Å². The van der Waals surface area contributed by atoms with Gasteiger partial charge in [0.2, 0.25) is 5.91 Å². The molecule has 2 aliphatic heterocycles. The number of piperidine rings is 1. The zero-order valence-electron chi connectivity index (χ0n) is 14.6. The molecule has 2 fully saturated rings. The van der Waals surface area contributed by atoms with Crippen LogP contribution in [0.1, 0.15) is 30.4 Å². The Morgan fingerprint density at radius 3 is 2.83 bits per heavy atom. The molecule has 0 aromatic carbocycles. The van der Waals surface area contributed by atoms with E-state index in [2.05, 4.69) is 19.7 Å². The van der Waals surface area contributed by atoms with Gasteiger partial charge < -0.3 is 14.2 Å². The first-order chi connectivity index (χ1) is 11.7. The Balaban J connectivity index is 1.64. The molecule has 0 saturated carbocycles. The van der Waals surface area contributed by atoms with Crippen LogP contribution in [0.4, 0.5) is 0 Å². The molecular weight excluding hydrogens is 326 g/mol. The fourth-order valence-electron chi connectivity index (χ4n) is 3.46. The Morgan fingerprint density at radius 1 is 1.29 bits per heavy atom. The van der Waals surface area contributed by atoms with Gasteiger partial charge in [-0.25, -0.2) is 0 Å². The highest BCUT2D eigenvalue weighted by Gasteiger charge is 2.28. The monoisotopic (exact) mass is 353 g/mol. The predicted octanol–water partition coefficient (Wildman–Crippen LogP) is 0.716. The fraction of sp³-hybridized carbons (Fsp3) is 0.812. The number of thioether (sulfide) groups is 1. The molecule has 1 aromatic heterocycles. The van der Waals surface area contributed by atoms with Gasteiger partial charge in [0.15, 0.2) is 0 Å². The minimum atomic E-state index is 0.239. The van der Waals surface area contributed by atoms with E-state index in [9.17, 15) is 4.79 Å². The van der Waals surface area contributed by atoms with E-state index in [1.54, 1.807) is 11.8 Å². The van der Waals surface area contributed by atoms with Gasteiger partial charge in [-0.3, -0.25) is 9.69 Å². The third-order valence-electron chi connectivity index (χ3n) is 4.87. The molecule has 2 aliphatic rings. The van der Waals surface area contributed by atoms with Crippen LogP contribution in [0.5, 0.6) is 0 Å². The van der Waals surface area contributed by atoms with Crippen molar-refractivity contribution in [2.75, 3.05) is 51.4 Å². The molecule has 24 heavy (non-hydrogen) atoms. The first-order valence-corrected chi connectivity index (χ1v) is 10.0. The summed E-state index contributed by atoms with van der Waals surface area (Å²) in [6.07, 6.45) is 4.09. The van der Waals surface area contributed by atoms with Crippen molar-refractivity contribution in [2.24, 2.45) is 7.05 Å². The average Bonchev–Trinajstić information content (AvgIpc) is 2.97. The van der Waals surface area contributed by atoms with E-state index in [4.69, 9.17) is 4.74 Å². The molecule has 0 aliphatic carbocycles. The van der Waals surface area contributed by atoms with E-state index < -0.39 is 0 Å². The molecule has 1 atom stereocenters. The number of carbonyl (C=O) groups is 1. The summed E-state index contributed by atoms with van der Waals surface area (Å²) in [6, 6.07) is 0. The largest absolute Gasteiger partial charge is 0.379 e. The molecule has 1 aromatic rings. The lowest BCUT2D eigenvalue weighted by Crippen LogP contribution is -2.40. The van der Waals surface area contributed by atoms with Crippen LogP contribution in [-0.4, -0.2) is 81.9 Å². The summed E-state index contributed by atoms with van der Waals surface area (Å²) < 4.78 is 7.53. The third kappa shape index (κ3) is 4.10. The van der Waals surface area contributed by atoms with Gasteiger partial charge in [0, 0.05) is 39.1 Å². The number of rotatable bonds is 5. The lowest BCUT2D eigenvalue weighted by atomic mass is 9.97. The number of nitrogens with zero attached hydrogens (tertiary/aromatic N) is 5. The van der Waals surface area contributed by atoms with Gasteiger partial charge in [-0.1, -0.05) is 0 Å². The van der Waals surface area contributed by atoms with Crippen molar-refractivity contribution in [1.29, 1.82) is 0 Å². The minimum Gasteiger partial charge on any atom is -0.379 e. The summed E-state index contributed by atoms with van der Waals surface area (Å²) >= 11 is 1.59. The van der Waals surface area contributed by atoms with Gasteiger partial charge in [0.05, 0.1) is 25.5 Å². The average molecular weight is 353 g/mol. The number of hydrogen-bond donors (Lipinski definition) is 0. The summed E-state index contributed by atoms with van der Waals surface area (Å²) in [7, 11) is 2.05. The lowest BCUT2D eigenvalue weighted by molar-refractivity contribution is -0.129. The van der Waals surface area contributed by atoms with Crippen molar-refractivity contribution < 1.29 is 9.53 Å². The summed E-state index contributed by atoms with van der Waals surface area (Å²) in [5, 5.41) is 8.87. The Kier molecular flexibility index (Phi) is 6.13. The van der Waals surface area contributed by atoms with Crippen LogP contribution in [0.25, 0.3) is 0 Å². The number of carbonyl (C=O) groups excluding carboxylic acids is 1. The third-order valence-corrected chi connectivity index (χ3v) is 5.41. The quantitative estimate of drug-likeness (QED) is 0.777. The zero-order chi connectivity index (χ0) is 16.9. The summed E-state index contributed by atoms with van der Waals surface area (Å²) in [5.74, 6) is 3.11. The molecule has 8 heteroatoms. The van der Waals surface area contributed by atoms with E-state index in [0.29, 0.717) is 11.7 Å². The molecule has 2 saturated heterocycles. The first kappa shape index (κ1) is 17.7. The molecule has 3 rings (SSSR count). The zero-order valence-corrected chi connectivity index (χ0v) is 15.4. The molecule has 1 unspecified atom stereocenters. The lowest BCUT2D eigenvalue weighted by Gasteiger charge is -2.32. The number of amides is 1. The smallest absolute Gasteiger partial charge is 0.232 e. The number of aromatic nitrogens is 3. The minimum absolute atomic E-state index is 0.239. The molecule has 0 N–H and O–H groups in total. The molecule has 0 radical (unpaired) electrons. The van der Waals surface area contributed by atoms with Crippen molar-refractivity contribution in [2.45, 2.75) is 25.3 Å². The number of ether oxygens (including phenoxy) is 1. The van der Waals surface area contributed by atoms with Gasteiger partial charge in [-0.15, -0.1) is 10.2 Å². The van der Waals surface area contributed by atoms with E-state index in [-0.39, 0.29) is 5.91 Å². The van der Waals surface area contributed by atoms with E-state index in [0.717, 1.165) is 70.4 Å². The Morgan fingerprint density at radius 2 is 2.08 bits per heavy atom. The normalized spacial score (nSPS) is 22.8. The van der Waals surface area contributed by atoms with Crippen LogP contribution >= 0.6 is 11.8 Å². The van der Waals surface area contributed by atoms with Crippen molar-refractivity contribution in [3.8, 4) is 0 Å². The number of morpholine rings is 1. The first-order valence-electron chi connectivity index (χ1n) is 8.64. The van der Waals surface area contributed by atoms with Crippen molar-refractivity contribution in [1.82, 2.24) is 24.6 Å². The fourth-order valence-corrected chi connectivity index (χ4v) is 3.89. The molecule has 7 nitrogen and oxygen atoms in total. The molecule has 1 amide bonds. The highest BCUT2D eigenvalue weighted by Crippen LogP contribution is 2.26. The van der Waals surface area contributed by atoms with Gasteiger partial charge >= 0.3 is 0 Å². The van der Waals surface area contributed by atoms with Crippen molar-refractivity contribution in [3.63, 3.8) is 0 Å². The maximum absolute atomic E-state index is 12.2. The standard InChI is InChI=1S/C16H27N5O2S/c1-19-14(11-20-6-8-23-9-7-20)17-18-16(19)13-4-3-5-21(10-13)15(22)12-24-2/h13H,3-12H2,1-2H3. The van der Waals surface area contributed by atoms with Crippen molar-refractivity contribution >= 4 is 17.7 Å². The second-order valence-electron chi connectivity index (χ2n) is 6.53. The second kappa shape index (κ2) is 8.31. The van der Waals surface area contributed by atoms with E-state index in [1.165, 1.54) is 0 Å². The molecule has 0 bridgehead atoms. The van der Waals surface area contributed by atoms with Gasteiger partial charge in [-0.05, 0) is 19.1 Å². The predicted molar refractivity (Wildman–Crippen MR) is 94.0 cm³/mol. The maximum Gasteiger partial charge on any atom is 0.232 e. The molecule has 134 valence electrons. The van der Waals surface area contributed by atoms with Crippen LogP contribution in [0.15, 0.2) is 0 Å². The van der Waals surface area contributed by atoms with Crippen LogP contribution < -0.4 is 0 Å². The van der Waals surface area contributed by atoms with Gasteiger partial charge in [0.1, 0.15) is 11.6 Å². The SMILES string of the molecule is CSCC(=O)N1CCCC(c2nnc(CN3CCOCC3)n2C)C1. The van der Waals surface area contributed by atoms with Crippen LogP contribution in [-0.2, 0) is 23.1 Å². The Labute approximate surface area is 147 Å². The van der Waals surface area contributed by atoms with E-state index in [1.807, 2.05) is 18.2 Å². The number of hydrogen-bond acceptors (Lipinski definition) is 6. The molecular formula is C16H27N5O2S. The maximum atomic E-state index is 12.2. The summed E-state index contributed by atoms with van der Waals surface area (Å²) in [6.45, 7) is 5.93. The molecule has 0 spiro atoms. The van der Waals surface area contributed by atoms with Gasteiger partial charge in [-0.2, -0.15) is 11.8 Å². The number of likely N-dealkylation sites (tertiary alicyclic amines) is 1. The van der Waals surface area contributed by atoms with Crippen LogP contribution in [0.2, 0.25) is 0 Å². The van der Waals surface area contributed by atoms with Crippen LogP contribution in [0, 0.1) is 0 Å². The van der Waals surface area contributed by atoms with Crippen LogP contribution in [0.3, 0.4) is 0 Å². The Bertz CT molecular complexity index is 559. The topological polar surface area (TPSA) is 63.5 Å². The summed E-state index contributed by atoms with van der Waals surface area (Å²) in [5.41, 5.74) is 0. The second-order valence-corrected chi connectivity index (χ2v) is 7.40. The Hall–Kier alpha value is -1.12. The summed E-state index contributed by atoms with van der Waals surface area (Å²) in [4.78, 5) is 16.5. The highest BCUT2D eigenvalue weighted by atomic mass is 32.2. The highest BCUT2D eigenvalue weighted by molar-refractivity contribution is 7.99. The van der Waals surface area contributed by atoms with Gasteiger partial charge in [0.25, 0.3) is 0 Å². The van der Waals surface area contributed by atoms with Crippen molar-refractivity contribution in [3.05, 3.63) is 11.6 Å². The molecule has 3 heterocycles.